The van der Waals surface area contributed by atoms with Crippen LogP contribution in [0.15, 0.2) is 42.0 Å². The van der Waals surface area contributed by atoms with Gasteiger partial charge in [0.15, 0.2) is 0 Å². The summed E-state index contributed by atoms with van der Waals surface area (Å²) in [6.45, 7) is 0.586. The first-order valence-corrected chi connectivity index (χ1v) is 4.56. The number of nitroso groups, excluding NO2 is 1. The maximum Gasteiger partial charge on any atom is 0.0804 e. The molecule has 0 radical (unpaired) electrons. The van der Waals surface area contributed by atoms with Crippen LogP contribution >= 0.6 is 0 Å². The van der Waals surface area contributed by atoms with Crippen LogP contribution < -0.4 is 0 Å². The third kappa shape index (κ3) is 1.64. The Bertz CT molecular complexity index is 336. The largest absolute Gasteiger partial charge is 0.264 e. The summed E-state index contributed by atoms with van der Waals surface area (Å²) < 4.78 is 0. The molecular formula is C10H11N3O. The average molecular weight is 195 g/mol. The van der Waals surface area contributed by atoms with Gasteiger partial charge in [0.2, 0.25) is 0 Å². The molecule has 0 spiro atoms. The van der Waals surface area contributed by atoms with Crippen molar-refractivity contribution in [2.45, 2.75) is 12.5 Å². The van der Waals surface area contributed by atoms with Crippen molar-refractivity contribution in [3.05, 3.63) is 47.1 Å². The SMILES string of the molecule is O=NN1CC=CC[13CH]1[13c]1[13cH][13cH][13cH]n[13cH]1. The van der Waals surface area contributed by atoms with Crippen molar-refractivity contribution in [3.8, 4) is 0 Å². The van der Waals surface area contributed by atoms with Crippen molar-refractivity contribution in [2.24, 2.45) is 5.29 Å². The molecule has 0 bridgehead atoms. The van der Waals surface area contributed by atoms with Crippen molar-refractivity contribution in [1.82, 2.24) is 9.99 Å². The van der Waals surface area contributed by atoms with Crippen LogP contribution in [0.2, 0.25) is 0 Å². The van der Waals surface area contributed by atoms with Gasteiger partial charge >= 0.3 is 0 Å². The molecule has 72 valence electrons. The van der Waals surface area contributed by atoms with Crippen LogP contribution in [0, 0.1) is 4.91 Å². The van der Waals surface area contributed by atoms with E-state index < -0.39 is 0 Å². The van der Waals surface area contributed by atoms with Crippen molar-refractivity contribution in [3.63, 3.8) is 0 Å². The normalized spacial score (nSPS) is 20.9. The lowest BCUT2D eigenvalue weighted by Crippen LogP contribution is -2.25. The Labute approximate surface area is 82.2 Å². The molecule has 1 atom stereocenters. The molecule has 1 aliphatic rings. The predicted molar refractivity (Wildman–Crippen MR) is 53.2 cm³/mol. The standard InChI is InChI=1S/C10H11N3O/c14-12-13-7-2-1-5-10(13)9-4-3-6-11-8-9/h1-4,6,8,10H,5,7H2/i3+1,4+1,6+1,8+1,9+1,10+1. The monoisotopic (exact) mass is 195 g/mol. The van der Waals surface area contributed by atoms with Crippen LogP contribution in [0.25, 0.3) is 0 Å². The molecule has 0 N–H and O–H groups in total. The van der Waals surface area contributed by atoms with Gasteiger partial charge in [0.1, 0.15) is 0 Å². The number of hydrogen-bond donors (Lipinski definition) is 0. The summed E-state index contributed by atoms with van der Waals surface area (Å²) >= 11 is 0. The molecule has 1 aromatic heterocycles. The van der Waals surface area contributed by atoms with Gasteiger partial charge in [-0.2, -0.15) is 0 Å². The number of aromatic nitrogens is 1. The van der Waals surface area contributed by atoms with Crippen LogP contribution in [0.3, 0.4) is 0 Å². The molecule has 0 aromatic carbocycles. The highest BCUT2D eigenvalue weighted by atomic mass is 16.3. The highest BCUT2D eigenvalue weighted by molar-refractivity contribution is 5.16. The van der Waals surface area contributed by atoms with E-state index in [0.717, 1.165) is 12.0 Å². The van der Waals surface area contributed by atoms with E-state index in [-0.39, 0.29) is 6.04 Å². The van der Waals surface area contributed by atoms with Gasteiger partial charge in [-0.25, -0.2) is 5.01 Å². The van der Waals surface area contributed by atoms with Crippen LogP contribution in [0.5, 0.6) is 0 Å². The Morgan fingerprint density at radius 1 is 1.50 bits per heavy atom. The first kappa shape index (κ1) is 8.87. The van der Waals surface area contributed by atoms with Gasteiger partial charge in [-0.1, -0.05) is 18.2 Å². The topological polar surface area (TPSA) is 45.6 Å². The van der Waals surface area contributed by atoms with Crippen LogP contribution in [-0.4, -0.2) is 16.5 Å². The fourth-order valence-corrected chi connectivity index (χ4v) is 1.63. The molecule has 0 saturated heterocycles. The van der Waals surface area contributed by atoms with E-state index in [0.29, 0.717) is 6.54 Å². The minimum Gasteiger partial charge on any atom is -0.264 e. The van der Waals surface area contributed by atoms with Gasteiger partial charge in [0.05, 0.1) is 17.9 Å². The Morgan fingerprint density at radius 3 is 3.14 bits per heavy atom. The number of rotatable bonds is 2. The minimum absolute atomic E-state index is 0.0474. The van der Waals surface area contributed by atoms with Gasteiger partial charge < -0.3 is 0 Å². The summed E-state index contributed by atoms with van der Waals surface area (Å²) in [6, 6.07) is 3.89. The first-order chi connectivity index (χ1) is 6.92. The van der Waals surface area contributed by atoms with Gasteiger partial charge in [-0.15, -0.1) is 4.91 Å². The molecule has 1 aliphatic heterocycles. The fourth-order valence-electron chi connectivity index (χ4n) is 1.63. The second kappa shape index (κ2) is 4.00. The van der Waals surface area contributed by atoms with Crippen molar-refractivity contribution in [2.75, 3.05) is 6.54 Å². The Hall–Kier alpha value is -1.71. The Kier molecular flexibility index (Phi) is 2.53. The molecule has 4 heteroatoms. The molecule has 14 heavy (non-hydrogen) atoms. The average Bonchev–Trinajstić information content (AvgIpc) is 2.30. The molecule has 0 saturated carbocycles. The summed E-state index contributed by atoms with van der Waals surface area (Å²) in [4.78, 5) is 14.6. The molecule has 0 amide bonds. The van der Waals surface area contributed by atoms with E-state index in [2.05, 4.69) is 16.3 Å². The van der Waals surface area contributed by atoms with E-state index in [1.165, 1.54) is 5.01 Å². The molecule has 1 aromatic rings. The van der Waals surface area contributed by atoms with Crippen molar-refractivity contribution < 1.29 is 0 Å². The third-order valence-electron chi connectivity index (χ3n) is 2.35. The van der Waals surface area contributed by atoms with Crippen molar-refractivity contribution >= 4 is 0 Å². The van der Waals surface area contributed by atoms with E-state index in [9.17, 15) is 4.91 Å². The second-order valence-corrected chi connectivity index (χ2v) is 3.21. The Morgan fingerprint density at radius 2 is 2.43 bits per heavy atom. The van der Waals surface area contributed by atoms with E-state index >= 15 is 0 Å². The van der Waals surface area contributed by atoms with E-state index in [1.807, 2.05) is 18.2 Å². The Balaban J connectivity index is 2.24. The van der Waals surface area contributed by atoms with Gasteiger partial charge in [-0.3, -0.25) is 4.98 Å². The van der Waals surface area contributed by atoms with Crippen molar-refractivity contribution in [1.29, 1.82) is 0 Å². The smallest absolute Gasteiger partial charge is 0.0804 e. The van der Waals surface area contributed by atoms with Gasteiger partial charge in [0, 0.05) is 12.4 Å². The highest BCUT2D eigenvalue weighted by Crippen LogP contribution is 2.26. The predicted octanol–water partition coefficient (Wildman–Crippen LogP) is 2.07. The molecular weight excluding hydrogens is 184 g/mol. The summed E-state index contributed by atoms with van der Waals surface area (Å²) in [5, 5.41) is 4.55. The van der Waals surface area contributed by atoms with Crippen LogP contribution in [0.1, 0.15) is 18.0 Å². The van der Waals surface area contributed by atoms with E-state index in [4.69, 9.17) is 0 Å². The van der Waals surface area contributed by atoms with E-state index in [1.54, 1.807) is 12.4 Å². The molecule has 0 aliphatic carbocycles. The van der Waals surface area contributed by atoms with Crippen LogP contribution in [0.4, 0.5) is 0 Å². The molecule has 4 nitrogen and oxygen atoms in total. The fraction of sp³-hybridized carbons (Fsp3) is 0.300. The third-order valence-corrected chi connectivity index (χ3v) is 2.35. The summed E-state index contributed by atoms with van der Waals surface area (Å²) in [6.07, 6.45) is 8.34. The molecule has 2 heterocycles. The minimum atomic E-state index is 0.0474. The second-order valence-electron chi connectivity index (χ2n) is 3.21. The number of pyridine rings is 1. The lowest BCUT2D eigenvalue weighted by atomic mass is 10.4. The summed E-state index contributed by atoms with van der Waals surface area (Å²) in [5.74, 6) is 0. The lowest BCUT2D eigenvalue weighted by molar-refractivity contribution is 0.216. The van der Waals surface area contributed by atoms with Crippen LogP contribution in [-0.2, 0) is 0 Å². The zero-order valence-electron chi connectivity index (χ0n) is 7.71. The summed E-state index contributed by atoms with van der Waals surface area (Å²) in [7, 11) is 0. The number of nitrogens with zero attached hydrogens (tertiary/aromatic N) is 3. The number of hydrogen-bond acceptors (Lipinski definition) is 3. The molecule has 2 rings (SSSR count). The quantitative estimate of drug-likeness (QED) is 0.412. The summed E-state index contributed by atoms with van der Waals surface area (Å²) in [5.41, 5.74) is 1.04. The maximum absolute atomic E-state index is 10.6. The molecule has 0 fully saturated rings. The lowest BCUT2D eigenvalue weighted by Gasteiger charge is -2.27. The zero-order valence-corrected chi connectivity index (χ0v) is 7.71. The zero-order chi connectivity index (χ0) is 9.80. The van der Waals surface area contributed by atoms with Gasteiger partial charge in [0.25, 0.3) is 0 Å². The van der Waals surface area contributed by atoms with Gasteiger partial charge in [-0.05, 0) is 18.1 Å². The first-order valence-electron chi connectivity index (χ1n) is 4.56. The maximum atomic E-state index is 10.6. The molecule has 1 unspecified atom stereocenters. The highest BCUT2D eigenvalue weighted by Gasteiger charge is 2.20.